The number of rotatable bonds is 9. The van der Waals surface area contributed by atoms with E-state index < -0.39 is 0 Å². The van der Waals surface area contributed by atoms with E-state index in [1.807, 2.05) is 0 Å². The minimum Gasteiger partial charge on any atom is -0.312 e. The molecule has 4 nitrogen and oxygen atoms in total. The summed E-state index contributed by atoms with van der Waals surface area (Å²) in [4.78, 5) is 2.34. The summed E-state index contributed by atoms with van der Waals surface area (Å²) in [6.07, 6.45) is 5.32. The van der Waals surface area contributed by atoms with E-state index in [2.05, 4.69) is 75.9 Å². The second-order valence-corrected chi connectivity index (χ2v) is 6.46. The fourth-order valence-corrected chi connectivity index (χ4v) is 2.76. The van der Waals surface area contributed by atoms with Crippen molar-refractivity contribution in [3.63, 3.8) is 0 Å². The summed E-state index contributed by atoms with van der Waals surface area (Å²) in [6, 6.07) is 3.05. The van der Waals surface area contributed by atoms with Gasteiger partial charge in [-0.15, -0.1) is 0 Å². The molecule has 21 heavy (non-hydrogen) atoms. The monoisotopic (exact) mass is 294 g/mol. The van der Waals surface area contributed by atoms with Gasteiger partial charge >= 0.3 is 0 Å². The number of nitrogens with zero attached hydrogens (tertiary/aromatic N) is 3. The fourth-order valence-electron chi connectivity index (χ4n) is 2.76. The maximum absolute atomic E-state index is 4.77. The zero-order chi connectivity index (χ0) is 16.0. The fraction of sp³-hybridized carbons (Fsp3) is 0.824. The van der Waals surface area contributed by atoms with Gasteiger partial charge in [-0.1, -0.05) is 20.8 Å². The average molecular weight is 294 g/mol. The van der Waals surface area contributed by atoms with Crippen molar-refractivity contribution in [2.45, 2.75) is 71.5 Å². The third-order valence-electron chi connectivity index (χ3n) is 5.06. The van der Waals surface area contributed by atoms with E-state index in [9.17, 15) is 0 Å². The van der Waals surface area contributed by atoms with Crippen molar-refractivity contribution in [3.05, 3.63) is 18.0 Å². The van der Waals surface area contributed by atoms with Crippen LogP contribution >= 0.6 is 0 Å². The average Bonchev–Trinajstić information content (AvgIpc) is 2.93. The van der Waals surface area contributed by atoms with Gasteiger partial charge in [0.15, 0.2) is 0 Å². The van der Waals surface area contributed by atoms with Crippen LogP contribution in [0.25, 0.3) is 0 Å². The molecule has 0 saturated heterocycles. The van der Waals surface area contributed by atoms with Gasteiger partial charge in [0, 0.05) is 30.2 Å². The summed E-state index contributed by atoms with van der Waals surface area (Å²) in [7, 11) is 4.34. The van der Waals surface area contributed by atoms with Crippen LogP contribution in [0.3, 0.4) is 0 Å². The molecule has 1 rings (SSSR count). The Bertz CT molecular complexity index is 413. The molecule has 3 unspecified atom stereocenters. The van der Waals surface area contributed by atoms with Crippen molar-refractivity contribution < 1.29 is 0 Å². The first-order valence-corrected chi connectivity index (χ1v) is 8.33. The summed E-state index contributed by atoms with van der Waals surface area (Å²) in [5, 5.41) is 8.43. The van der Waals surface area contributed by atoms with E-state index >= 15 is 0 Å². The zero-order valence-corrected chi connectivity index (χ0v) is 15.0. The van der Waals surface area contributed by atoms with E-state index in [0.29, 0.717) is 12.1 Å². The smallest absolute Gasteiger partial charge is 0.0640 e. The van der Waals surface area contributed by atoms with Crippen LogP contribution in [0.2, 0.25) is 0 Å². The predicted octanol–water partition coefficient (Wildman–Crippen LogP) is 3.11. The molecule has 1 N–H and O–H groups in total. The van der Waals surface area contributed by atoms with Crippen LogP contribution in [0.5, 0.6) is 0 Å². The summed E-state index contributed by atoms with van der Waals surface area (Å²) < 4.78 is 2.09. The Hall–Kier alpha value is -0.870. The Balaban J connectivity index is 2.90. The van der Waals surface area contributed by atoms with Gasteiger partial charge in [0.1, 0.15) is 0 Å². The molecule has 0 radical (unpaired) electrons. The first-order valence-electron chi connectivity index (χ1n) is 8.33. The minimum absolute atomic E-state index is 0.135. The first-order chi connectivity index (χ1) is 9.88. The third-order valence-corrected chi connectivity index (χ3v) is 5.06. The summed E-state index contributed by atoms with van der Waals surface area (Å²) >= 11 is 0. The Morgan fingerprint density at radius 1 is 1.33 bits per heavy atom. The summed E-state index contributed by atoms with van der Waals surface area (Å²) in [5.41, 5.74) is 1.32. The Labute approximate surface area is 130 Å². The van der Waals surface area contributed by atoms with E-state index in [0.717, 1.165) is 25.8 Å². The van der Waals surface area contributed by atoms with Crippen molar-refractivity contribution in [1.29, 1.82) is 0 Å². The molecule has 0 fully saturated rings. The third kappa shape index (κ3) is 4.30. The van der Waals surface area contributed by atoms with Crippen LogP contribution in [0, 0.1) is 0 Å². The lowest BCUT2D eigenvalue weighted by molar-refractivity contribution is 0.112. The van der Waals surface area contributed by atoms with E-state index in [1.165, 1.54) is 5.69 Å². The van der Waals surface area contributed by atoms with Crippen LogP contribution in [0.1, 0.15) is 59.2 Å². The molecule has 4 heteroatoms. The number of nitrogens with one attached hydrogen (secondary N) is 1. The summed E-state index contributed by atoms with van der Waals surface area (Å²) in [6.45, 7) is 12.2. The van der Waals surface area contributed by atoms with Crippen molar-refractivity contribution in [2.75, 3.05) is 20.6 Å². The summed E-state index contributed by atoms with van der Waals surface area (Å²) in [5.74, 6) is 0. The molecular weight excluding hydrogens is 260 g/mol. The largest absolute Gasteiger partial charge is 0.312 e. The molecule has 0 aliphatic rings. The molecule has 0 aromatic carbocycles. The van der Waals surface area contributed by atoms with Crippen molar-refractivity contribution >= 4 is 0 Å². The van der Waals surface area contributed by atoms with Crippen LogP contribution < -0.4 is 5.32 Å². The van der Waals surface area contributed by atoms with Crippen LogP contribution in [-0.4, -0.2) is 46.9 Å². The van der Waals surface area contributed by atoms with Crippen molar-refractivity contribution in [3.8, 4) is 0 Å². The zero-order valence-electron chi connectivity index (χ0n) is 15.0. The minimum atomic E-state index is 0.135. The number of hydrogen-bond donors (Lipinski definition) is 1. The Kier molecular flexibility index (Phi) is 6.88. The molecule has 0 aliphatic carbocycles. The van der Waals surface area contributed by atoms with Crippen LogP contribution in [0.15, 0.2) is 12.3 Å². The molecule has 1 aromatic heterocycles. The quantitative estimate of drug-likeness (QED) is 0.759. The molecular formula is C17H34N4. The SMILES string of the molecule is CCNC(Cc1ccn(C(C)CC)n1)C(C)(CC)N(C)C. The second-order valence-electron chi connectivity index (χ2n) is 6.46. The Morgan fingerprint density at radius 2 is 2.00 bits per heavy atom. The predicted molar refractivity (Wildman–Crippen MR) is 90.8 cm³/mol. The highest BCUT2D eigenvalue weighted by Gasteiger charge is 2.34. The molecule has 0 saturated carbocycles. The maximum Gasteiger partial charge on any atom is 0.0640 e. The maximum atomic E-state index is 4.77. The van der Waals surface area contributed by atoms with Crippen molar-refractivity contribution in [2.24, 2.45) is 0 Å². The normalized spacial score (nSPS) is 17.7. The van der Waals surface area contributed by atoms with Crippen LogP contribution in [0.4, 0.5) is 0 Å². The van der Waals surface area contributed by atoms with Gasteiger partial charge in [0.05, 0.1) is 5.69 Å². The van der Waals surface area contributed by atoms with Gasteiger partial charge in [-0.05, 0) is 53.4 Å². The second kappa shape index (κ2) is 7.95. The highest BCUT2D eigenvalue weighted by molar-refractivity contribution is 5.07. The molecule has 122 valence electrons. The highest BCUT2D eigenvalue weighted by Crippen LogP contribution is 2.24. The first kappa shape index (κ1) is 18.2. The Morgan fingerprint density at radius 3 is 2.48 bits per heavy atom. The van der Waals surface area contributed by atoms with Crippen LogP contribution in [-0.2, 0) is 6.42 Å². The van der Waals surface area contributed by atoms with Gasteiger partial charge in [0.2, 0.25) is 0 Å². The standard InChI is InChI=1S/C17H34N4/c1-8-14(4)21-12-11-15(19-21)13-16(18-10-3)17(5,9-2)20(6)7/h11-12,14,16,18H,8-10,13H2,1-7H3. The lowest BCUT2D eigenvalue weighted by Gasteiger charge is -2.43. The van der Waals surface area contributed by atoms with Gasteiger partial charge < -0.3 is 10.2 Å². The topological polar surface area (TPSA) is 33.1 Å². The van der Waals surface area contributed by atoms with Crippen molar-refractivity contribution in [1.82, 2.24) is 20.0 Å². The lowest BCUT2D eigenvalue weighted by atomic mass is 9.85. The molecule has 1 aromatic rings. The van der Waals surface area contributed by atoms with Gasteiger partial charge in [-0.3, -0.25) is 4.68 Å². The molecule has 1 heterocycles. The number of hydrogen-bond acceptors (Lipinski definition) is 3. The highest BCUT2D eigenvalue weighted by atomic mass is 15.3. The molecule has 3 atom stereocenters. The van der Waals surface area contributed by atoms with Gasteiger partial charge in [0.25, 0.3) is 0 Å². The number of likely N-dealkylation sites (N-methyl/N-ethyl adjacent to an activating group) is 2. The van der Waals surface area contributed by atoms with E-state index in [-0.39, 0.29) is 5.54 Å². The molecule has 0 amide bonds. The van der Waals surface area contributed by atoms with Gasteiger partial charge in [-0.2, -0.15) is 5.10 Å². The molecule has 0 aliphatic heterocycles. The lowest BCUT2D eigenvalue weighted by Crippen LogP contribution is -2.57. The molecule has 0 spiro atoms. The number of aromatic nitrogens is 2. The van der Waals surface area contributed by atoms with Gasteiger partial charge in [-0.25, -0.2) is 0 Å². The van der Waals surface area contributed by atoms with E-state index in [4.69, 9.17) is 5.10 Å². The van der Waals surface area contributed by atoms with E-state index in [1.54, 1.807) is 0 Å². The molecule has 0 bridgehead atoms.